The number of hydrogen-bond donors (Lipinski definition) is 1. The Balaban J connectivity index is -0.000000864. The Kier molecular flexibility index (Phi) is 32.6. The van der Waals surface area contributed by atoms with Gasteiger partial charge in [-0.05, 0) is 215 Å². The zero-order valence-corrected chi connectivity index (χ0v) is 52.5. The molecule has 2 aromatic rings. The van der Waals surface area contributed by atoms with E-state index in [1.807, 2.05) is 175 Å². The van der Waals surface area contributed by atoms with Crippen LogP contribution in [-0.4, -0.2) is 67.8 Å². The Morgan fingerprint density at radius 3 is 1.07 bits per heavy atom. The number of hydrogen-bond acceptors (Lipinski definition) is 16. The van der Waals surface area contributed by atoms with E-state index in [0.717, 1.165) is 24.8 Å². The third-order valence-corrected chi connectivity index (χ3v) is 7.77. The van der Waals surface area contributed by atoms with Crippen molar-refractivity contribution >= 4 is 11.9 Å². The summed E-state index contributed by atoms with van der Waals surface area (Å²) in [6.07, 6.45) is 2.66. The van der Waals surface area contributed by atoms with Gasteiger partial charge in [0.05, 0.1) is 39.2 Å². The molecule has 16 nitrogen and oxygen atoms in total. The van der Waals surface area contributed by atoms with E-state index in [9.17, 15) is 9.59 Å². The highest BCUT2D eigenvalue weighted by atomic mass is 17.3. The fraction of sp³-hybridized carbons (Fsp3) is 0.763. The number of carbonyl (C=O) groups is 2. The second-order valence-corrected chi connectivity index (χ2v) is 27.8. The molecule has 1 N–H and O–H groups in total. The van der Waals surface area contributed by atoms with E-state index in [4.69, 9.17) is 49.2 Å². The van der Waals surface area contributed by atoms with Crippen LogP contribution in [0.25, 0.3) is 0 Å². The smallest absolute Gasteiger partial charge is 0.298 e. The van der Waals surface area contributed by atoms with Crippen LogP contribution < -0.4 is 0 Å². The predicted octanol–water partition coefficient (Wildman–Crippen LogP) is 16.3. The number of rotatable bonds is 11. The first-order chi connectivity index (χ1) is 33.2. The van der Waals surface area contributed by atoms with Crippen molar-refractivity contribution in [3.8, 4) is 0 Å². The molecule has 1 atom stereocenters. The molecule has 0 amide bonds. The van der Waals surface area contributed by atoms with Gasteiger partial charge in [0, 0.05) is 19.8 Å². The summed E-state index contributed by atoms with van der Waals surface area (Å²) in [7, 11) is 0. The van der Waals surface area contributed by atoms with Crippen molar-refractivity contribution in [2.45, 2.75) is 283 Å². The van der Waals surface area contributed by atoms with Gasteiger partial charge >= 0.3 is 11.9 Å². The lowest BCUT2D eigenvalue weighted by atomic mass is 9.70. The highest BCUT2D eigenvalue weighted by molar-refractivity contribution is 5.88. The van der Waals surface area contributed by atoms with E-state index in [-0.39, 0.29) is 33.4 Å². The molecular weight excluding hydrogens is 965 g/mol. The van der Waals surface area contributed by atoms with E-state index in [1.165, 1.54) is 6.92 Å². The van der Waals surface area contributed by atoms with Crippen LogP contribution in [0.2, 0.25) is 0 Å². The SMILES string of the molecule is CC(=O)OOC(C)(C)C.CC(C)(C)OO.CC(C)(C)OOC(=O)c1ccccc1.CC(C)(C)OOC(C)(C)C.CC(C)(C)OOC(C)(C)c1ccccc1.CC1CC(C)(C)CC(OOC(C)(C)C)(OOC(C)(C)C)C1. The van der Waals surface area contributed by atoms with E-state index < -0.39 is 40.1 Å². The Hall–Kier alpha value is -3.10. The van der Waals surface area contributed by atoms with Crippen molar-refractivity contribution in [3.63, 3.8) is 0 Å². The van der Waals surface area contributed by atoms with Crippen molar-refractivity contribution in [2.75, 3.05) is 0 Å². The summed E-state index contributed by atoms with van der Waals surface area (Å²) in [5, 5.41) is 7.90. The molecule has 0 aromatic heterocycles. The zero-order chi connectivity index (χ0) is 59.8. The van der Waals surface area contributed by atoms with Crippen molar-refractivity contribution in [1.29, 1.82) is 0 Å². The topological polar surface area (TPSA) is 174 Å². The Bertz CT molecular complexity index is 1780. The molecule has 0 bridgehead atoms. The maximum absolute atomic E-state index is 11.3. The van der Waals surface area contributed by atoms with Gasteiger partial charge in [0.1, 0.15) is 16.8 Å². The summed E-state index contributed by atoms with van der Waals surface area (Å²) in [6, 6.07) is 18.8. The molecule has 1 fully saturated rings. The Morgan fingerprint density at radius 1 is 0.453 bits per heavy atom. The maximum Gasteiger partial charge on any atom is 0.373 e. The summed E-state index contributed by atoms with van der Waals surface area (Å²) < 4.78 is 0. The van der Waals surface area contributed by atoms with Crippen LogP contribution >= 0.6 is 0 Å². The molecule has 2 aromatic carbocycles. The van der Waals surface area contributed by atoms with E-state index in [2.05, 4.69) is 40.3 Å². The van der Waals surface area contributed by atoms with Crippen molar-refractivity contribution < 1.29 is 78.4 Å². The highest BCUT2D eigenvalue weighted by Gasteiger charge is 2.48. The lowest BCUT2D eigenvalue weighted by Crippen LogP contribution is -2.48. The number of benzene rings is 2. The van der Waals surface area contributed by atoms with Crippen LogP contribution in [0, 0.1) is 11.3 Å². The van der Waals surface area contributed by atoms with Crippen LogP contribution in [0.3, 0.4) is 0 Å². The van der Waals surface area contributed by atoms with Gasteiger partial charge in [-0.15, -0.1) is 0 Å². The quantitative estimate of drug-likeness (QED) is 0.128. The van der Waals surface area contributed by atoms with Gasteiger partial charge in [0.2, 0.25) is 5.79 Å². The van der Waals surface area contributed by atoms with Crippen LogP contribution in [0.15, 0.2) is 60.7 Å². The van der Waals surface area contributed by atoms with Gasteiger partial charge in [0.25, 0.3) is 0 Å². The van der Waals surface area contributed by atoms with E-state index in [0.29, 0.717) is 11.5 Å². The van der Waals surface area contributed by atoms with Crippen LogP contribution in [-0.2, 0) is 73.9 Å². The van der Waals surface area contributed by atoms with Gasteiger partial charge in [0.15, 0.2) is 0 Å². The summed E-state index contributed by atoms with van der Waals surface area (Å²) >= 11 is 0. The summed E-state index contributed by atoms with van der Waals surface area (Å²) in [5.41, 5.74) is -1.49. The molecule has 75 heavy (non-hydrogen) atoms. The highest BCUT2D eigenvalue weighted by Crippen LogP contribution is 2.47. The lowest BCUT2D eigenvalue weighted by molar-refractivity contribution is -0.551. The van der Waals surface area contributed by atoms with Gasteiger partial charge < -0.3 is 0 Å². The van der Waals surface area contributed by atoms with Crippen molar-refractivity contribution in [1.82, 2.24) is 0 Å². The molecule has 1 saturated carbocycles. The fourth-order valence-corrected chi connectivity index (χ4v) is 5.30. The molecular formula is C59H108O16. The molecule has 16 heteroatoms. The van der Waals surface area contributed by atoms with E-state index in [1.54, 1.807) is 65.8 Å². The predicted molar refractivity (Wildman–Crippen MR) is 295 cm³/mol. The average Bonchev–Trinajstić information content (AvgIpc) is 3.21. The monoisotopic (exact) mass is 1070 g/mol. The Morgan fingerprint density at radius 2 is 0.773 bits per heavy atom. The first kappa shape index (κ1) is 76.1. The molecule has 3 rings (SSSR count). The minimum Gasteiger partial charge on any atom is -0.298 e. The van der Waals surface area contributed by atoms with Crippen molar-refractivity contribution in [2.24, 2.45) is 11.3 Å². The van der Waals surface area contributed by atoms with Gasteiger partial charge in [-0.25, -0.2) is 43.8 Å². The molecule has 0 saturated heterocycles. The fourth-order valence-electron chi connectivity index (χ4n) is 5.30. The minimum absolute atomic E-state index is 0.125. The van der Waals surface area contributed by atoms with Crippen LogP contribution in [0.4, 0.5) is 0 Å². The standard InChI is InChI=1S/C17H34O4.C13H20O2.C11H14O3.C8H18O2.C6H12O3.C4H10O2/c1-13-10-16(8,9)12-17(11-13,20-18-14(2,3)4)21-19-15(5,6)7;1-12(2,3)14-15-13(4,5)11-9-7-6-8-10-11;1-11(2,3)14-13-10(12)9-7-5-4-6-8-9;1-7(2,3)9-10-8(4,5)6;1-5(7)8-9-6(2,3)4;1-4(2,3)6-5/h13H,10-12H2,1-9H3;6-10H,1-5H3;4-8H,1-3H3;1-6H3;1-4H3;5H,1-3H3. The normalized spacial score (nSPS) is 16.0. The van der Waals surface area contributed by atoms with Crippen LogP contribution in [0.1, 0.15) is 243 Å². The van der Waals surface area contributed by atoms with Gasteiger partial charge in [-0.3, -0.25) is 15.0 Å². The van der Waals surface area contributed by atoms with E-state index >= 15 is 0 Å². The molecule has 1 aliphatic carbocycles. The first-order valence-corrected chi connectivity index (χ1v) is 25.9. The van der Waals surface area contributed by atoms with Gasteiger partial charge in [-0.1, -0.05) is 69.3 Å². The van der Waals surface area contributed by atoms with Crippen LogP contribution in [0.5, 0.6) is 0 Å². The third-order valence-electron chi connectivity index (χ3n) is 7.77. The second-order valence-electron chi connectivity index (χ2n) is 27.8. The molecule has 1 unspecified atom stereocenters. The van der Waals surface area contributed by atoms with Crippen molar-refractivity contribution in [3.05, 3.63) is 71.8 Å². The molecule has 0 spiro atoms. The molecule has 0 aliphatic heterocycles. The van der Waals surface area contributed by atoms with Gasteiger partial charge in [-0.2, -0.15) is 19.6 Å². The summed E-state index contributed by atoms with van der Waals surface area (Å²) in [6.45, 7) is 57.5. The first-order valence-electron chi connectivity index (χ1n) is 25.9. The third kappa shape index (κ3) is 50.2. The second kappa shape index (κ2) is 32.1. The number of carbonyl (C=O) groups excluding carboxylic acids is 2. The molecule has 0 heterocycles. The Labute approximate surface area is 455 Å². The lowest BCUT2D eigenvalue weighted by Gasteiger charge is -2.46. The molecule has 0 radical (unpaired) electrons. The summed E-state index contributed by atoms with van der Waals surface area (Å²) in [4.78, 5) is 87.6. The zero-order valence-electron chi connectivity index (χ0n) is 52.5. The largest absolute Gasteiger partial charge is 0.373 e. The molecule has 1 aliphatic rings. The average molecular weight is 1070 g/mol. The maximum atomic E-state index is 11.3. The molecule has 440 valence electrons. The minimum atomic E-state index is -0.846. The summed E-state index contributed by atoms with van der Waals surface area (Å²) in [5.74, 6) is -1.26.